The minimum Gasteiger partial charge on any atom is -0.493 e. The molecule has 1 aromatic heterocycles. The smallest absolute Gasteiger partial charge is 0.226 e. The van der Waals surface area contributed by atoms with Crippen molar-refractivity contribution in [3.05, 3.63) is 65.5 Å². The highest BCUT2D eigenvalue weighted by atomic mass is 16.5. The lowest BCUT2D eigenvalue weighted by atomic mass is 9.89. The van der Waals surface area contributed by atoms with Crippen molar-refractivity contribution in [2.45, 2.75) is 44.6 Å². The number of carbonyl (C=O) groups excluding carboxylic acids is 1. The summed E-state index contributed by atoms with van der Waals surface area (Å²) in [5.74, 6) is 2.30. The van der Waals surface area contributed by atoms with Crippen LogP contribution in [0.15, 0.2) is 48.7 Å². The van der Waals surface area contributed by atoms with Crippen molar-refractivity contribution in [3.8, 4) is 17.2 Å². The lowest BCUT2D eigenvalue weighted by molar-refractivity contribution is -0.150. The Hall–Kier alpha value is -3.63. The molecule has 0 aliphatic carbocycles. The first kappa shape index (κ1) is 25.6. The summed E-state index contributed by atoms with van der Waals surface area (Å²) in [6.07, 6.45) is 3.89. The maximum absolute atomic E-state index is 13.2. The number of amides is 1. The van der Waals surface area contributed by atoms with E-state index in [9.17, 15) is 4.79 Å². The van der Waals surface area contributed by atoms with E-state index in [1.165, 1.54) is 0 Å². The van der Waals surface area contributed by atoms with Crippen LogP contribution in [0.3, 0.4) is 0 Å². The number of methoxy groups -OCH3 is 1. The Morgan fingerprint density at radius 3 is 2.74 bits per heavy atom. The Kier molecular flexibility index (Phi) is 7.38. The largest absolute Gasteiger partial charge is 0.493 e. The number of para-hydroxylation sites is 1. The number of nitrogens with zero attached hydrogens (tertiary/aromatic N) is 5. The molecule has 3 aromatic rings. The van der Waals surface area contributed by atoms with Gasteiger partial charge in [0, 0.05) is 38.3 Å². The number of piperidine rings is 1. The number of hydrogen-bond acceptors (Lipinski definition) is 8. The van der Waals surface area contributed by atoms with Crippen LogP contribution in [0.5, 0.6) is 17.2 Å². The van der Waals surface area contributed by atoms with E-state index in [1.54, 1.807) is 11.8 Å². The van der Waals surface area contributed by atoms with Gasteiger partial charge in [0.15, 0.2) is 11.5 Å². The third-order valence-corrected chi connectivity index (χ3v) is 7.82. The molecule has 2 saturated heterocycles. The lowest BCUT2D eigenvalue weighted by Crippen LogP contribution is -2.57. The van der Waals surface area contributed by atoms with Crippen molar-refractivity contribution in [1.82, 2.24) is 24.8 Å². The van der Waals surface area contributed by atoms with Gasteiger partial charge in [0.1, 0.15) is 24.7 Å². The quantitative estimate of drug-likeness (QED) is 0.472. The molecule has 4 aliphatic heterocycles. The summed E-state index contributed by atoms with van der Waals surface area (Å²) < 4.78 is 26.0. The molecule has 0 N–H and O–H groups in total. The summed E-state index contributed by atoms with van der Waals surface area (Å²) in [6.45, 7) is 5.72. The average Bonchev–Trinajstić information content (AvgIpc) is 3.40. The highest BCUT2D eigenvalue weighted by Crippen LogP contribution is 2.35. The number of hydrogen-bond donors (Lipinski definition) is 0. The molecule has 1 amide bonds. The lowest BCUT2D eigenvalue weighted by Gasteiger charge is -2.47. The van der Waals surface area contributed by atoms with Gasteiger partial charge in [-0.2, -0.15) is 0 Å². The first-order valence-electron chi connectivity index (χ1n) is 13.6. The van der Waals surface area contributed by atoms with E-state index in [2.05, 4.69) is 21.3 Å². The predicted octanol–water partition coefficient (Wildman–Crippen LogP) is 2.69. The SMILES string of the molecule is COc1cccc2c1OCc1cn(nn1)CCOc1cccc(c1)CC(=O)N1CCC3(CC1)CN(CCO3)C2. The Morgan fingerprint density at radius 2 is 1.87 bits per heavy atom. The molecule has 10 nitrogen and oxygen atoms in total. The molecule has 1 unspecified atom stereocenters. The van der Waals surface area contributed by atoms with Crippen molar-refractivity contribution in [3.63, 3.8) is 0 Å². The molecule has 39 heavy (non-hydrogen) atoms. The number of carbonyl (C=O) groups is 1. The summed E-state index contributed by atoms with van der Waals surface area (Å²) in [7, 11) is 1.66. The summed E-state index contributed by atoms with van der Waals surface area (Å²) in [4.78, 5) is 17.6. The summed E-state index contributed by atoms with van der Waals surface area (Å²) in [5, 5.41) is 8.51. The average molecular weight is 534 g/mol. The first-order valence-corrected chi connectivity index (χ1v) is 13.6. The normalized spacial score (nSPS) is 24.0. The van der Waals surface area contributed by atoms with Gasteiger partial charge in [0.2, 0.25) is 5.91 Å². The zero-order valence-electron chi connectivity index (χ0n) is 22.4. The van der Waals surface area contributed by atoms with E-state index in [0.29, 0.717) is 45.0 Å². The Labute approximate surface area is 228 Å². The van der Waals surface area contributed by atoms with Crippen LogP contribution in [0.2, 0.25) is 0 Å². The predicted molar refractivity (Wildman–Crippen MR) is 143 cm³/mol. The van der Waals surface area contributed by atoms with E-state index in [4.69, 9.17) is 18.9 Å². The van der Waals surface area contributed by atoms with Gasteiger partial charge in [0.25, 0.3) is 0 Å². The molecule has 5 heterocycles. The molecule has 7 bridgehead atoms. The van der Waals surface area contributed by atoms with E-state index in [-0.39, 0.29) is 18.1 Å². The van der Waals surface area contributed by atoms with Gasteiger partial charge in [-0.05, 0) is 36.6 Å². The fourth-order valence-electron chi connectivity index (χ4n) is 5.72. The molecule has 7 rings (SSSR count). The van der Waals surface area contributed by atoms with Crippen molar-refractivity contribution in [2.24, 2.45) is 0 Å². The van der Waals surface area contributed by atoms with Gasteiger partial charge in [-0.3, -0.25) is 9.69 Å². The number of ether oxygens (including phenoxy) is 4. The fraction of sp³-hybridized carbons (Fsp3) is 0.483. The molecule has 2 aromatic carbocycles. The Bertz CT molecular complexity index is 1300. The van der Waals surface area contributed by atoms with Crippen LogP contribution in [-0.4, -0.2) is 82.8 Å². The van der Waals surface area contributed by atoms with Crippen molar-refractivity contribution >= 4 is 5.91 Å². The van der Waals surface area contributed by atoms with E-state index >= 15 is 0 Å². The molecule has 2 fully saturated rings. The van der Waals surface area contributed by atoms with Crippen LogP contribution >= 0.6 is 0 Å². The van der Waals surface area contributed by atoms with Gasteiger partial charge in [-0.1, -0.05) is 29.5 Å². The molecule has 1 atom stereocenters. The van der Waals surface area contributed by atoms with Crippen molar-refractivity contribution in [2.75, 3.05) is 46.5 Å². The van der Waals surface area contributed by atoms with Crippen molar-refractivity contribution < 1.29 is 23.7 Å². The van der Waals surface area contributed by atoms with Gasteiger partial charge >= 0.3 is 0 Å². The standard InChI is InChI=1S/C29H35N5O5/c1-36-26-7-3-5-23-18-32-12-15-39-29(21-32)8-10-33(11-9-29)27(35)17-22-4-2-6-25(16-22)37-14-13-34-19-24(30-31-34)20-38-28(23)26/h2-7,16,19H,8-15,17-18,20-21H2,1H3. The highest BCUT2D eigenvalue weighted by molar-refractivity contribution is 5.79. The summed E-state index contributed by atoms with van der Waals surface area (Å²) >= 11 is 0. The minimum atomic E-state index is -0.238. The Morgan fingerprint density at radius 1 is 1.00 bits per heavy atom. The van der Waals surface area contributed by atoms with Crippen LogP contribution in [0.4, 0.5) is 0 Å². The van der Waals surface area contributed by atoms with Crippen LogP contribution in [-0.2, 0) is 35.6 Å². The van der Waals surface area contributed by atoms with Crippen LogP contribution < -0.4 is 14.2 Å². The van der Waals surface area contributed by atoms with Crippen molar-refractivity contribution in [1.29, 1.82) is 0 Å². The minimum absolute atomic E-state index is 0.144. The topological polar surface area (TPSA) is 91.2 Å². The van der Waals surface area contributed by atoms with E-state index in [0.717, 1.165) is 60.8 Å². The summed E-state index contributed by atoms with van der Waals surface area (Å²) in [5.41, 5.74) is 2.50. The number of fused-ring (bicyclic) bond motifs is 6. The third-order valence-electron chi connectivity index (χ3n) is 7.82. The van der Waals surface area contributed by atoms with Gasteiger partial charge < -0.3 is 23.8 Å². The van der Waals surface area contributed by atoms with Crippen LogP contribution in [0.25, 0.3) is 0 Å². The molecule has 0 saturated carbocycles. The summed E-state index contributed by atoms with van der Waals surface area (Å²) in [6, 6.07) is 13.8. The molecular weight excluding hydrogens is 498 g/mol. The zero-order valence-corrected chi connectivity index (χ0v) is 22.4. The monoisotopic (exact) mass is 533 g/mol. The number of aromatic nitrogens is 3. The van der Waals surface area contributed by atoms with Gasteiger partial charge in [0.05, 0.1) is 38.5 Å². The maximum atomic E-state index is 13.2. The second-order valence-electron chi connectivity index (χ2n) is 10.5. The number of morpholine rings is 1. The number of rotatable bonds is 1. The van der Waals surface area contributed by atoms with E-state index < -0.39 is 0 Å². The first-order chi connectivity index (χ1) is 19.1. The van der Waals surface area contributed by atoms with Crippen LogP contribution in [0, 0.1) is 0 Å². The molecule has 10 heteroatoms. The number of benzene rings is 2. The second kappa shape index (κ2) is 11.2. The molecule has 0 radical (unpaired) electrons. The molecular formula is C29H35N5O5. The maximum Gasteiger partial charge on any atom is 0.226 e. The zero-order chi connectivity index (χ0) is 26.7. The Balaban J connectivity index is 1.26. The highest BCUT2D eigenvalue weighted by Gasteiger charge is 2.40. The fourth-order valence-corrected chi connectivity index (χ4v) is 5.72. The van der Waals surface area contributed by atoms with Gasteiger partial charge in [-0.25, -0.2) is 4.68 Å². The molecule has 206 valence electrons. The second-order valence-corrected chi connectivity index (χ2v) is 10.5. The van der Waals surface area contributed by atoms with Crippen LogP contribution in [0.1, 0.15) is 29.7 Å². The molecule has 1 spiro atoms. The third kappa shape index (κ3) is 5.86. The van der Waals surface area contributed by atoms with E-state index in [1.807, 2.05) is 47.5 Å². The molecule has 4 aliphatic rings. The van der Waals surface area contributed by atoms with Gasteiger partial charge in [-0.15, -0.1) is 5.10 Å².